The highest BCUT2D eigenvalue weighted by Gasteiger charge is 2.24. The van der Waals surface area contributed by atoms with Crippen molar-refractivity contribution in [2.24, 2.45) is 0 Å². The lowest BCUT2D eigenvalue weighted by molar-refractivity contribution is 0.0971. The number of nitrogens with zero attached hydrogens (tertiary/aromatic N) is 1. The van der Waals surface area contributed by atoms with Crippen molar-refractivity contribution in [1.29, 1.82) is 0 Å². The fourth-order valence-corrected chi connectivity index (χ4v) is 2.63. The van der Waals surface area contributed by atoms with E-state index in [1.165, 1.54) is 5.69 Å². The Labute approximate surface area is 96.7 Å². The third kappa shape index (κ3) is 1.67. The van der Waals surface area contributed by atoms with Gasteiger partial charge >= 0.3 is 0 Å². The zero-order chi connectivity index (χ0) is 11.7. The number of Topliss-reactive ketones (excluding diaryl/α,β-unsaturated/α-hetero) is 1. The Hall–Kier alpha value is -1.49. The summed E-state index contributed by atoms with van der Waals surface area (Å²) in [5, 5.41) is 0. The predicted octanol–water partition coefficient (Wildman–Crippen LogP) is 2.90. The number of aromatic nitrogens is 1. The molecule has 1 aliphatic carbocycles. The van der Waals surface area contributed by atoms with Gasteiger partial charge in [-0.25, -0.2) is 0 Å². The normalized spacial score (nSPS) is 16.7. The van der Waals surface area contributed by atoms with Crippen LogP contribution in [0.5, 0.6) is 0 Å². The maximum Gasteiger partial charge on any atom is 0.164 e. The first-order valence-corrected chi connectivity index (χ1v) is 5.82. The molecule has 16 heavy (non-hydrogen) atoms. The van der Waals surface area contributed by atoms with Crippen molar-refractivity contribution in [2.45, 2.75) is 45.6 Å². The minimum atomic E-state index is 0.288. The zero-order valence-electron chi connectivity index (χ0n) is 9.92. The molecule has 1 heterocycles. The first-order valence-electron chi connectivity index (χ1n) is 5.82. The van der Waals surface area contributed by atoms with Gasteiger partial charge in [0.1, 0.15) is 0 Å². The van der Waals surface area contributed by atoms with Crippen LogP contribution in [0.15, 0.2) is 6.07 Å². The van der Waals surface area contributed by atoms with Crippen molar-refractivity contribution >= 4 is 5.78 Å². The molecule has 0 saturated carbocycles. The summed E-state index contributed by atoms with van der Waals surface area (Å²) in [4.78, 5) is 11.8. The highest BCUT2D eigenvalue weighted by molar-refractivity contribution is 5.98. The predicted molar refractivity (Wildman–Crippen MR) is 64.6 cm³/mol. The van der Waals surface area contributed by atoms with Crippen LogP contribution in [-0.4, -0.2) is 10.4 Å². The lowest BCUT2D eigenvalue weighted by atomic mass is 9.96. The molecule has 0 aromatic carbocycles. The molecular weight excluding hydrogens is 198 g/mol. The van der Waals surface area contributed by atoms with E-state index in [2.05, 4.69) is 24.3 Å². The van der Waals surface area contributed by atoms with Crippen molar-refractivity contribution in [3.05, 3.63) is 23.0 Å². The Bertz CT molecular complexity index is 462. The summed E-state index contributed by atoms with van der Waals surface area (Å²) in [7, 11) is 0. The summed E-state index contributed by atoms with van der Waals surface area (Å²) in [5.41, 5.74) is 3.27. The van der Waals surface area contributed by atoms with Gasteiger partial charge in [-0.3, -0.25) is 4.79 Å². The van der Waals surface area contributed by atoms with E-state index in [9.17, 15) is 4.79 Å². The molecular formula is C14H17NO. The highest BCUT2D eigenvalue weighted by Crippen LogP contribution is 2.28. The molecule has 84 valence electrons. The molecule has 1 unspecified atom stereocenters. The van der Waals surface area contributed by atoms with Crippen LogP contribution in [0.25, 0.3) is 0 Å². The molecule has 0 N–H and O–H groups in total. The Kier molecular flexibility index (Phi) is 2.87. The molecule has 1 atom stereocenters. The van der Waals surface area contributed by atoms with E-state index in [-0.39, 0.29) is 5.78 Å². The van der Waals surface area contributed by atoms with Gasteiger partial charge in [0.2, 0.25) is 0 Å². The van der Waals surface area contributed by atoms with Gasteiger partial charge in [0.15, 0.2) is 5.78 Å². The average molecular weight is 215 g/mol. The molecule has 0 spiro atoms. The molecule has 2 nitrogen and oxygen atoms in total. The third-order valence-electron chi connectivity index (χ3n) is 3.31. The smallest absolute Gasteiger partial charge is 0.164 e. The Balaban J connectivity index is 2.46. The van der Waals surface area contributed by atoms with Gasteiger partial charge < -0.3 is 4.57 Å². The number of fused-ring (bicyclic) bond motifs is 1. The molecule has 2 heteroatoms. The second-order valence-corrected chi connectivity index (χ2v) is 4.55. The summed E-state index contributed by atoms with van der Waals surface area (Å²) in [6.45, 7) is 4.17. The Morgan fingerprint density at radius 1 is 1.56 bits per heavy atom. The molecule has 0 amide bonds. The van der Waals surface area contributed by atoms with Gasteiger partial charge in [0, 0.05) is 35.8 Å². The van der Waals surface area contributed by atoms with Gasteiger partial charge in [-0.2, -0.15) is 0 Å². The number of aryl methyl sites for hydroxylation is 1. The summed E-state index contributed by atoms with van der Waals surface area (Å²) >= 11 is 0. The molecule has 0 fully saturated rings. The molecule has 0 radical (unpaired) electrons. The number of hydrogen-bond acceptors (Lipinski definition) is 1. The molecule has 1 aromatic rings. The van der Waals surface area contributed by atoms with Crippen molar-refractivity contribution in [2.75, 3.05) is 0 Å². The third-order valence-corrected chi connectivity index (χ3v) is 3.31. The molecule has 0 bridgehead atoms. The van der Waals surface area contributed by atoms with E-state index in [1.54, 1.807) is 0 Å². The second-order valence-electron chi connectivity index (χ2n) is 4.55. The lowest BCUT2D eigenvalue weighted by Gasteiger charge is -2.20. The van der Waals surface area contributed by atoms with Crippen LogP contribution in [0.1, 0.15) is 54.0 Å². The summed E-state index contributed by atoms with van der Waals surface area (Å²) in [6.07, 6.45) is 8.75. The minimum absolute atomic E-state index is 0.288. The molecule has 0 aliphatic heterocycles. The topological polar surface area (TPSA) is 22.0 Å². The number of rotatable bonds is 2. The second kappa shape index (κ2) is 4.17. The van der Waals surface area contributed by atoms with Crippen LogP contribution in [0.3, 0.4) is 0 Å². The van der Waals surface area contributed by atoms with Crippen LogP contribution in [-0.2, 0) is 6.42 Å². The number of carbonyl (C=O) groups excluding carboxylic acids is 1. The van der Waals surface area contributed by atoms with Crippen LogP contribution in [0.2, 0.25) is 0 Å². The van der Waals surface area contributed by atoms with Crippen molar-refractivity contribution in [1.82, 2.24) is 4.57 Å². The van der Waals surface area contributed by atoms with Crippen molar-refractivity contribution < 1.29 is 4.79 Å². The van der Waals surface area contributed by atoms with E-state index in [4.69, 9.17) is 6.42 Å². The van der Waals surface area contributed by atoms with Gasteiger partial charge in [0.25, 0.3) is 0 Å². The van der Waals surface area contributed by atoms with Gasteiger partial charge in [-0.05, 0) is 32.8 Å². The maximum absolute atomic E-state index is 11.8. The summed E-state index contributed by atoms with van der Waals surface area (Å²) < 4.78 is 2.24. The molecule has 1 aromatic heterocycles. The minimum Gasteiger partial charge on any atom is -0.344 e. The maximum atomic E-state index is 11.8. The van der Waals surface area contributed by atoms with Crippen LogP contribution >= 0.6 is 0 Å². The van der Waals surface area contributed by atoms with Crippen LogP contribution < -0.4 is 0 Å². The largest absolute Gasteiger partial charge is 0.344 e. The highest BCUT2D eigenvalue weighted by atomic mass is 16.1. The van der Waals surface area contributed by atoms with Crippen molar-refractivity contribution in [3.8, 4) is 12.3 Å². The Morgan fingerprint density at radius 2 is 2.31 bits per heavy atom. The molecule has 0 saturated heterocycles. The number of hydrogen-bond donors (Lipinski definition) is 0. The fourth-order valence-electron chi connectivity index (χ4n) is 2.63. The first kappa shape index (κ1) is 11.0. The molecule has 2 rings (SSSR count). The molecule has 1 aliphatic rings. The van der Waals surface area contributed by atoms with Crippen molar-refractivity contribution in [3.63, 3.8) is 0 Å². The zero-order valence-corrected chi connectivity index (χ0v) is 9.92. The fraction of sp³-hybridized carbons (Fsp3) is 0.500. The lowest BCUT2D eigenvalue weighted by Crippen LogP contribution is -2.16. The van der Waals surface area contributed by atoms with Gasteiger partial charge in [0.05, 0.1) is 0 Å². The van der Waals surface area contributed by atoms with Crippen LogP contribution in [0, 0.1) is 19.3 Å². The Morgan fingerprint density at radius 3 is 3.00 bits per heavy atom. The monoisotopic (exact) mass is 215 g/mol. The van der Waals surface area contributed by atoms with E-state index < -0.39 is 0 Å². The number of carbonyl (C=O) groups is 1. The first-order chi connectivity index (χ1) is 7.65. The quantitative estimate of drug-likeness (QED) is 0.695. The SMILES string of the molecule is C#CCC(C)n1c(C)cc2c1CCCC2=O. The number of terminal acetylenes is 1. The summed E-state index contributed by atoms with van der Waals surface area (Å²) in [6, 6.07) is 2.31. The van der Waals surface area contributed by atoms with E-state index in [0.717, 1.165) is 30.5 Å². The van der Waals surface area contributed by atoms with Gasteiger partial charge in [-0.15, -0.1) is 12.3 Å². The van der Waals surface area contributed by atoms with E-state index in [1.807, 2.05) is 6.07 Å². The number of ketones is 1. The van der Waals surface area contributed by atoms with E-state index in [0.29, 0.717) is 12.5 Å². The average Bonchev–Trinajstić information content (AvgIpc) is 2.56. The van der Waals surface area contributed by atoms with E-state index >= 15 is 0 Å². The summed E-state index contributed by atoms with van der Waals surface area (Å²) in [5.74, 6) is 2.98. The van der Waals surface area contributed by atoms with Crippen LogP contribution in [0.4, 0.5) is 0 Å². The standard InChI is InChI=1S/C14H17NO/c1-4-6-10(2)15-11(3)9-12-13(15)7-5-8-14(12)16/h1,9-10H,5-8H2,2-3H3. The van der Waals surface area contributed by atoms with Gasteiger partial charge in [-0.1, -0.05) is 0 Å².